The molecule has 0 amide bonds. The fraction of sp³-hybridized carbons (Fsp3) is 0. The Kier molecular flexibility index (Phi) is 5.59. The first-order valence-corrected chi connectivity index (χ1v) is 3.97. The van der Waals surface area contributed by atoms with Gasteiger partial charge in [0.2, 0.25) is 0 Å². The van der Waals surface area contributed by atoms with Gasteiger partial charge in [0.05, 0.1) is 4.92 Å². The van der Waals surface area contributed by atoms with Gasteiger partial charge < -0.3 is 5.11 Å². The van der Waals surface area contributed by atoms with Crippen molar-refractivity contribution in [1.82, 2.24) is 0 Å². The lowest BCUT2D eigenvalue weighted by Gasteiger charge is -1.88. The van der Waals surface area contributed by atoms with Crippen LogP contribution < -0.4 is 0 Å². The van der Waals surface area contributed by atoms with E-state index in [9.17, 15) is 10.1 Å². The standard InChI is InChI=1S/C6H4ClNO2.CHClO2/c7-5-1-3-6(4-2-5)8(9)10;2-1(3)4/h1-4H;(H,3,4). The van der Waals surface area contributed by atoms with Gasteiger partial charge >= 0.3 is 5.43 Å². The zero-order valence-corrected chi connectivity index (χ0v) is 8.20. The van der Waals surface area contributed by atoms with Gasteiger partial charge in [-0.2, -0.15) is 0 Å². The summed E-state index contributed by atoms with van der Waals surface area (Å²) in [5, 5.41) is 17.8. The fourth-order valence-corrected chi connectivity index (χ4v) is 0.689. The van der Waals surface area contributed by atoms with Crippen LogP contribution in [0.5, 0.6) is 0 Å². The molecule has 0 saturated heterocycles. The monoisotopic (exact) mass is 237 g/mol. The Hall–Kier alpha value is -1.33. The number of non-ortho nitro benzene ring substituents is 1. The number of hydrogen-bond acceptors (Lipinski definition) is 3. The smallest absolute Gasteiger partial charge is 0.401 e. The zero-order valence-electron chi connectivity index (χ0n) is 6.68. The minimum atomic E-state index is -1.36. The van der Waals surface area contributed by atoms with Gasteiger partial charge in [-0.05, 0) is 12.1 Å². The summed E-state index contributed by atoms with van der Waals surface area (Å²) < 4.78 is 0. The van der Waals surface area contributed by atoms with Gasteiger partial charge in [-0.25, -0.2) is 4.79 Å². The van der Waals surface area contributed by atoms with Crippen LogP contribution in [0.1, 0.15) is 0 Å². The molecule has 0 unspecified atom stereocenters. The van der Waals surface area contributed by atoms with Crippen molar-refractivity contribution >= 4 is 34.3 Å². The maximum atomic E-state index is 10.1. The van der Waals surface area contributed by atoms with Crippen LogP contribution in [-0.4, -0.2) is 15.5 Å². The largest absolute Gasteiger partial charge is 0.469 e. The molecule has 0 heterocycles. The number of rotatable bonds is 1. The number of nitro benzene ring substituents is 1. The van der Waals surface area contributed by atoms with Crippen molar-refractivity contribution in [2.45, 2.75) is 0 Å². The predicted octanol–water partition coefficient (Wildman–Crippen LogP) is 3.15. The lowest BCUT2D eigenvalue weighted by molar-refractivity contribution is -0.384. The lowest BCUT2D eigenvalue weighted by atomic mass is 10.3. The lowest BCUT2D eigenvalue weighted by Crippen LogP contribution is -1.85. The third-order valence-corrected chi connectivity index (χ3v) is 1.29. The average Bonchev–Trinajstić information content (AvgIpc) is 2.03. The first-order chi connectivity index (χ1) is 6.43. The maximum absolute atomic E-state index is 10.1. The number of carboxylic acid groups (broad SMARTS) is 1. The van der Waals surface area contributed by atoms with Crippen molar-refractivity contribution in [3.05, 3.63) is 39.4 Å². The number of hydrogen-bond donors (Lipinski definition) is 1. The Morgan fingerprint density at radius 2 is 1.71 bits per heavy atom. The summed E-state index contributed by atoms with van der Waals surface area (Å²) in [6.45, 7) is 0. The molecule has 76 valence electrons. The van der Waals surface area contributed by atoms with Gasteiger partial charge in [-0.1, -0.05) is 11.6 Å². The summed E-state index contributed by atoms with van der Waals surface area (Å²) in [5.41, 5.74) is -1.30. The molecule has 1 aromatic rings. The molecule has 0 aliphatic carbocycles. The van der Waals surface area contributed by atoms with E-state index in [1.54, 1.807) is 0 Å². The molecule has 1 aromatic carbocycles. The average molecular weight is 238 g/mol. The zero-order chi connectivity index (χ0) is 11.1. The Morgan fingerprint density at radius 3 is 2.00 bits per heavy atom. The highest BCUT2D eigenvalue weighted by Gasteiger charge is 2.01. The van der Waals surface area contributed by atoms with Crippen LogP contribution in [0.25, 0.3) is 0 Å². The second-order valence-corrected chi connectivity index (χ2v) is 2.75. The topological polar surface area (TPSA) is 80.4 Å². The van der Waals surface area contributed by atoms with Crippen LogP contribution in [0.15, 0.2) is 24.3 Å². The second kappa shape index (κ2) is 6.17. The van der Waals surface area contributed by atoms with E-state index in [2.05, 4.69) is 11.6 Å². The summed E-state index contributed by atoms with van der Waals surface area (Å²) in [6.07, 6.45) is 0. The summed E-state index contributed by atoms with van der Waals surface area (Å²) in [6, 6.07) is 5.70. The van der Waals surface area contributed by atoms with Crippen LogP contribution in [0.2, 0.25) is 5.02 Å². The molecule has 1 rings (SSSR count). The van der Waals surface area contributed by atoms with Crippen molar-refractivity contribution in [3.63, 3.8) is 0 Å². The second-order valence-electron chi connectivity index (χ2n) is 1.99. The Balaban J connectivity index is 0.000000364. The molecule has 0 saturated carbocycles. The molecular weight excluding hydrogens is 233 g/mol. The minimum absolute atomic E-state index is 0.0596. The molecular formula is C7H5Cl2NO4. The van der Waals surface area contributed by atoms with E-state index in [0.717, 1.165) is 0 Å². The SMILES string of the molecule is O=C(O)Cl.O=[N+]([O-])c1ccc(Cl)cc1. The molecule has 14 heavy (non-hydrogen) atoms. The molecule has 7 heteroatoms. The summed E-state index contributed by atoms with van der Waals surface area (Å²) in [7, 11) is 0. The van der Waals surface area contributed by atoms with Crippen LogP contribution in [0.3, 0.4) is 0 Å². The first kappa shape index (κ1) is 12.7. The van der Waals surface area contributed by atoms with E-state index >= 15 is 0 Å². The number of carbonyl (C=O) groups is 1. The molecule has 5 nitrogen and oxygen atoms in total. The highest BCUT2D eigenvalue weighted by atomic mass is 35.5. The van der Waals surface area contributed by atoms with E-state index < -0.39 is 10.4 Å². The van der Waals surface area contributed by atoms with E-state index in [0.29, 0.717) is 5.02 Å². The molecule has 0 aromatic heterocycles. The molecule has 0 aliphatic rings. The van der Waals surface area contributed by atoms with Gasteiger partial charge in [0, 0.05) is 28.8 Å². The van der Waals surface area contributed by atoms with E-state index in [1.807, 2.05) is 0 Å². The van der Waals surface area contributed by atoms with Gasteiger partial charge in [0.1, 0.15) is 0 Å². The minimum Gasteiger partial charge on any atom is -0.469 e. The predicted molar refractivity (Wildman–Crippen MR) is 52.0 cm³/mol. The molecule has 0 radical (unpaired) electrons. The molecule has 0 fully saturated rings. The van der Waals surface area contributed by atoms with Crippen LogP contribution in [0, 0.1) is 10.1 Å². The Morgan fingerprint density at radius 1 is 1.36 bits per heavy atom. The molecule has 0 bridgehead atoms. The van der Waals surface area contributed by atoms with Crippen molar-refractivity contribution in [3.8, 4) is 0 Å². The maximum Gasteiger partial charge on any atom is 0.401 e. The molecule has 1 N–H and O–H groups in total. The first-order valence-electron chi connectivity index (χ1n) is 3.22. The van der Waals surface area contributed by atoms with E-state index in [1.165, 1.54) is 24.3 Å². The van der Waals surface area contributed by atoms with Crippen molar-refractivity contribution < 1.29 is 14.8 Å². The normalized spacial score (nSPS) is 8.43. The summed E-state index contributed by atoms with van der Waals surface area (Å²) >= 11 is 9.69. The van der Waals surface area contributed by atoms with Crippen molar-refractivity contribution in [2.24, 2.45) is 0 Å². The number of nitro groups is 1. The van der Waals surface area contributed by atoms with Crippen LogP contribution in [0.4, 0.5) is 10.5 Å². The third-order valence-electron chi connectivity index (χ3n) is 1.04. The Bertz CT molecular complexity index is 321. The number of benzene rings is 1. The molecule has 0 aliphatic heterocycles. The summed E-state index contributed by atoms with van der Waals surface area (Å²) in [4.78, 5) is 18.4. The fourth-order valence-electron chi connectivity index (χ4n) is 0.563. The van der Waals surface area contributed by atoms with Crippen molar-refractivity contribution in [2.75, 3.05) is 0 Å². The summed E-state index contributed by atoms with van der Waals surface area (Å²) in [5.74, 6) is 0. The molecule has 0 spiro atoms. The van der Waals surface area contributed by atoms with E-state index in [-0.39, 0.29) is 5.69 Å². The molecule has 0 atom stereocenters. The Labute approximate surface area is 89.0 Å². The quantitative estimate of drug-likeness (QED) is 0.462. The highest BCUT2D eigenvalue weighted by Crippen LogP contribution is 2.14. The number of halogens is 2. The highest BCUT2D eigenvalue weighted by molar-refractivity contribution is 6.60. The van der Waals surface area contributed by atoms with Gasteiger partial charge in [0.25, 0.3) is 5.69 Å². The third kappa shape index (κ3) is 6.22. The van der Waals surface area contributed by atoms with Gasteiger partial charge in [-0.3, -0.25) is 10.1 Å². The number of nitrogens with zero attached hydrogens (tertiary/aromatic N) is 1. The van der Waals surface area contributed by atoms with Gasteiger partial charge in [-0.15, -0.1) is 0 Å². The van der Waals surface area contributed by atoms with Gasteiger partial charge in [0.15, 0.2) is 0 Å². The van der Waals surface area contributed by atoms with Crippen LogP contribution in [-0.2, 0) is 0 Å². The van der Waals surface area contributed by atoms with E-state index in [4.69, 9.17) is 21.5 Å². The van der Waals surface area contributed by atoms with Crippen molar-refractivity contribution in [1.29, 1.82) is 0 Å². The van der Waals surface area contributed by atoms with Crippen LogP contribution >= 0.6 is 23.2 Å².